The smallest absolute Gasteiger partial charge is 0.228 e. The molecule has 0 radical (unpaired) electrons. The van der Waals surface area contributed by atoms with E-state index in [4.69, 9.17) is 34.5 Å². The summed E-state index contributed by atoms with van der Waals surface area (Å²) < 4.78 is 0. The van der Waals surface area contributed by atoms with Crippen molar-refractivity contribution in [3.63, 3.8) is 0 Å². The largest absolute Gasteiger partial charge is 0.338 e. The molecule has 3 fully saturated rings. The molecule has 0 spiro atoms. The Bertz CT molecular complexity index is 1630. The molecule has 5 heterocycles. The van der Waals surface area contributed by atoms with Crippen molar-refractivity contribution in [1.29, 1.82) is 0 Å². The highest BCUT2D eigenvalue weighted by Crippen LogP contribution is 2.49. The summed E-state index contributed by atoms with van der Waals surface area (Å²) in [5, 5.41) is 10.8. The number of unbranched alkanes of at least 4 members (excludes halogenated alkanes) is 3. The third kappa shape index (κ3) is 13.2. The van der Waals surface area contributed by atoms with E-state index in [0.717, 1.165) is 128 Å². The van der Waals surface area contributed by atoms with Crippen molar-refractivity contribution >= 4 is 12.2 Å². The molecule has 372 valence electrons. The molecule has 4 aliphatic rings. The van der Waals surface area contributed by atoms with Gasteiger partial charge in [-0.05, 0) is 191 Å². The van der Waals surface area contributed by atoms with Crippen molar-refractivity contribution in [2.24, 2.45) is 16.8 Å². The standard InChI is InChI=1S/C53H97N9O3/c1-17-30-63-60-47(5,6)33-42(34-48(60,7)8)41(20-4)35-53(26-25-28-57-53)45-55-40-56-46(58-45)59(44-38-51(13,14)62(65-32-19-3)52(15,16)39-44)29-24-22-21-23-27-54-43-36-49(9,10)61(64-31-18-2)50(11,12)37-43/h25-26,28,40-44,54H,17-24,27,29-39H2,1-16H3. The van der Waals surface area contributed by atoms with Crippen molar-refractivity contribution in [1.82, 2.24) is 35.5 Å². The number of nitrogens with one attached hydrogen (secondary N) is 1. The van der Waals surface area contributed by atoms with Gasteiger partial charge in [0.15, 0.2) is 5.82 Å². The topological polar surface area (TPSA) is 104 Å². The Hall–Kier alpha value is -2.06. The maximum Gasteiger partial charge on any atom is 0.228 e. The summed E-state index contributed by atoms with van der Waals surface area (Å²) in [6, 6.07) is 0.726. The van der Waals surface area contributed by atoms with E-state index in [-0.39, 0.29) is 39.3 Å². The first-order valence-electron chi connectivity index (χ1n) is 26.2. The number of hydrogen-bond donors (Lipinski definition) is 1. The molecule has 1 aromatic rings. The highest BCUT2D eigenvalue weighted by Gasteiger charge is 2.51. The van der Waals surface area contributed by atoms with Crippen LogP contribution >= 0.6 is 0 Å². The van der Waals surface area contributed by atoms with Gasteiger partial charge in [0, 0.05) is 58.1 Å². The van der Waals surface area contributed by atoms with Crippen LogP contribution in [0.1, 0.15) is 213 Å². The first-order chi connectivity index (χ1) is 30.5. The zero-order valence-corrected chi connectivity index (χ0v) is 44.6. The third-order valence-corrected chi connectivity index (χ3v) is 15.0. The summed E-state index contributed by atoms with van der Waals surface area (Å²) in [5.41, 5.74) is -1.15. The highest BCUT2D eigenvalue weighted by atomic mass is 16.7. The Morgan fingerprint density at radius 2 is 1.14 bits per heavy atom. The molecule has 1 N–H and O–H groups in total. The number of rotatable bonds is 24. The average Bonchev–Trinajstić information content (AvgIpc) is 3.68. The fourth-order valence-electron chi connectivity index (χ4n) is 13.1. The van der Waals surface area contributed by atoms with Crippen molar-refractivity contribution < 1.29 is 14.5 Å². The van der Waals surface area contributed by atoms with Gasteiger partial charge in [-0.25, -0.2) is 9.97 Å². The maximum atomic E-state index is 6.49. The number of aromatic nitrogens is 3. The van der Waals surface area contributed by atoms with Crippen molar-refractivity contribution in [3.8, 4) is 0 Å². The van der Waals surface area contributed by atoms with Gasteiger partial charge in [0.2, 0.25) is 5.95 Å². The van der Waals surface area contributed by atoms with Crippen LogP contribution in [0.2, 0.25) is 0 Å². The number of allylic oxidation sites excluding steroid dienone is 1. The molecule has 4 aliphatic heterocycles. The zero-order valence-electron chi connectivity index (χ0n) is 44.6. The van der Waals surface area contributed by atoms with Crippen LogP contribution in [-0.4, -0.2) is 115 Å². The number of aliphatic imine (C=N–C) groups is 1. The van der Waals surface area contributed by atoms with E-state index in [9.17, 15) is 0 Å². The van der Waals surface area contributed by atoms with Crippen LogP contribution in [0.15, 0.2) is 23.5 Å². The first-order valence-corrected chi connectivity index (χ1v) is 26.2. The second-order valence-corrected chi connectivity index (χ2v) is 24.2. The lowest BCUT2D eigenvalue weighted by atomic mass is 9.67. The Morgan fingerprint density at radius 1 is 0.646 bits per heavy atom. The van der Waals surface area contributed by atoms with Gasteiger partial charge in [0.25, 0.3) is 0 Å². The third-order valence-electron chi connectivity index (χ3n) is 15.0. The van der Waals surface area contributed by atoms with Gasteiger partial charge in [-0.15, -0.1) is 0 Å². The molecule has 5 rings (SSSR count). The normalized spacial score (nSPS) is 26.2. The molecule has 2 unspecified atom stereocenters. The lowest BCUT2D eigenvalue weighted by molar-refractivity contribution is -0.290. The summed E-state index contributed by atoms with van der Waals surface area (Å²) in [6.07, 6.45) is 23.9. The number of nitrogens with zero attached hydrogens (tertiary/aromatic N) is 8. The first kappa shape index (κ1) is 53.9. The zero-order chi connectivity index (χ0) is 47.9. The summed E-state index contributed by atoms with van der Waals surface area (Å²) >= 11 is 0. The number of anilines is 1. The fraction of sp³-hybridized carbons (Fsp3) is 0.887. The summed E-state index contributed by atoms with van der Waals surface area (Å²) in [7, 11) is 0. The second kappa shape index (κ2) is 22.1. The molecular weight excluding hydrogens is 811 g/mol. The lowest BCUT2D eigenvalue weighted by Gasteiger charge is -2.55. The van der Waals surface area contributed by atoms with Crippen LogP contribution in [0.4, 0.5) is 5.95 Å². The molecule has 1 aromatic heterocycles. The molecule has 12 heteroatoms. The number of piperidine rings is 3. The molecular formula is C53H97N9O3. The van der Waals surface area contributed by atoms with Crippen LogP contribution in [-0.2, 0) is 20.1 Å². The van der Waals surface area contributed by atoms with Crippen molar-refractivity contribution in [3.05, 3.63) is 24.3 Å². The summed E-state index contributed by atoms with van der Waals surface area (Å²) in [6.45, 7) is 41.2. The van der Waals surface area contributed by atoms with Crippen LogP contribution in [0, 0.1) is 11.8 Å². The van der Waals surface area contributed by atoms with Gasteiger partial charge in [-0.3, -0.25) is 19.5 Å². The van der Waals surface area contributed by atoms with Gasteiger partial charge in [-0.1, -0.05) is 47.0 Å². The van der Waals surface area contributed by atoms with E-state index in [1.165, 1.54) is 12.8 Å². The highest BCUT2D eigenvalue weighted by molar-refractivity contribution is 5.75. The minimum Gasteiger partial charge on any atom is -0.338 e. The van der Waals surface area contributed by atoms with Crippen LogP contribution in [0.5, 0.6) is 0 Å². The van der Waals surface area contributed by atoms with E-state index >= 15 is 0 Å². The quantitative estimate of drug-likeness (QED) is 0.100. The Morgan fingerprint density at radius 3 is 1.62 bits per heavy atom. The van der Waals surface area contributed by atoms with Crippen LogP contribution in [0.3, 0.4) is 0 Å². The van der Waals surface area contributed by atoms with E-state index < -0.39 is 5.54 Å². The van der Waals surface area contributed by atoms with Crippen molar-refractivity contribution in [2.75, 3.05) is 37.8 Å². The molecule has 12 nitrogen and oxygen atoms in total. The van der Waals surface area contributed by atoms with Gasteiger partial charge < -0.3 is 10.2 Å². The summed E-state index contributed by atoms with van der Waals surface area (Å²) in [4.78, 5) is 42.4. The van der Waals surface area contributed by atoms with E-state index in [2.05, 4.69) is 148 Å². The molecule has 65 heavy (non-hydrogen) atoms. The number of hydrogen-bond acceptors (Lipinski definition) is 12. The molecule has 0 aromatic carbocycles. The van der Waals surface area contributed by atoms with E-state index in [1.807, 2.05) is 6.21 Å². The predicted octanol–water partition coefficient (Wildman–Crippen LogP) is 11.4. The Kier molecular flexibility index (Phi) is 18.4. The maximum absolute atomic E-state index is 6.49. The Labute approximate surface area is 397 Å². The SMILES string of the molecule is CCCON1C(C)(C)CC(NCCCCCCN(c2ncnc(C3(CC(CC)C4CC(C)(C)N(OCCC)C(C)(C)C4)C=CC=N3)n2)C2CC(C)(C)N(OCCC)C(C)(C)C2)CC1(C)C. The van der Waals surface area contributed by atoms with Gasteiger partial charge in [-0.2, -0.15) is 20.2 Å². The molecule has 0 saturated carbocycles. The molecule has 0 aliphatic carbocycles. The Balaban J connectivity index is 1.32. The van der Waals surface area contributed by atoms with E-state index in [0.29, 0.717) is 17.9 Å². The van der Waals surface area contributed by atoms with E-state index in [1.54, 1.807) is 6.33 Å². The fourth-order valence-corrected chi connectivity index (χ4v) is 13.1. The van der Waals surface area contributed by atoms with Gasteiger partial charge in [0.05, 0.1) is 19.8 Å². The summed E-state index contributed by atoms with van der Waals surface area (Å²) in [5.74, 6) is 2.50. The van der Waals surface area contributed by atoms with Crippen LogP contribution in [0.25, 0.3) is 0 Å². The molecule has 0 amide bonds. The monoisotopic (exact) mass is 908 g/mol. The second-order valence-electron chi connectivity index (χ2n) is 24.2. The van der Waals surface area contributed by atoms with Gasteiger partial charge in [0.1, 0.15) is 11.9 Å². The minimum absolute atomic E-state index is 0.0120. The van der Waals surface area contributed by atoms with Crippen molar-refractivity contribution in [2.45, 2.75) is 258 Å². The lowest BCUT2D eigenvalue weighted by Crippen LogP contribution is -2.64. The molecule has 0 bridgehead atoms. The molecule has 2 atom stereocenters. The van der Waals surface area contributed by atoms with Crippen LogP contribution < -0.4 is 10.2 Å². The minimum atomic E-state index is -0.624. The van der Waals surface area contributed by atoms with Gasteiger partial charge >= 0.3 is 0 Å². The number of hydroxylamine groups is 6. The predicted molar refractivity (Wildman–Crippen MR) is 269 cm³/mol. The molecule has 3 saturated heterocycles. The average molecular weight is 908 g/mol.